The van der Waals surface area contributed by atoms with Gasteiger partial charge < -0.3 is 10.1 Å². The molecular formula is C18H17Cl2N3O4. The van der Waals surface area contributed by atoms with Crippen LogP contribution in [-0.2, 0) is 9.59 Å². The molecule has 3 N–H and O–H groups in total. The van der Waals surface area contributed by atoms with Crippen LogP contribution >= 0.6 is 23.2 Å². The molecule has 0 unspecified atom stereocenters. The van der Waals surface area contributed by atoms with E-state index < -0.39 is 17.7 Å². The summed E-state index contributed by atoms with van der Waals surface area (Å²) in [6.07, 6.45) is 0. The van der Waals surface area contributed by atoms with Gasteiger partial charge in [-0.1, -0.05) is 23.2 Å². The number of carbonyl (C=O) groups excluding carboxylic acids is 3. The molecule has 0 radical (unpaired) electrons. The van der Waals surface area contributed by atoms with Gasteiger partial charge in [0.25, 0.3) is 17.7 Å². The van der Waals surface area contributed by atoms with Gasteiger partial charge in [0.15, 0.2) is 6.61 Å². The number of ether oxygens (including phenoxy) is 1. The SMILES string of the molecule is Cc1cc(OCC(=O)NNC(=O)CNC(=O)c2ccc(Cl)cc2)ccc1Cl. The number of carbonyl (C=O) groups is 3. The first kappa shape index (κ1) is 20.5. The second-order valence-corrected chi connectivity index (χ2v) is 6.33. The van der Waals surface area contributed by atoms with Crippen LogP contribution in [0.2, 0.25) is 10.0 Å². The lowest BCUT2D eigenvalue weighted by atomic mass is 10.2. The molecule has 0 aliphatic heterocycles. The fourth-order valence-corrected chi connectivity index (χ4v) is 2.18. The van der Waals surface area contributed by atoms with Gasteiger partial charge in [-0.25, -0.2) is 0 Å². The summed E-state index contributed by atoms with van der Waals surface area (Å²) in [6, 6.07) is 11.2. The van der Waals surface area contributed by atoms with Gasteiger partial charge in [0, 0.05) is 15.6 Å². The van der Waals surface area contributed by atoms with Gasteiger partial charge >= 0.3 is 0 Å². The van der Waals surface area contributed by atoms with Crippen molar-refractivity contribution >= 4 is 40.9 Å². The molecule has 0 saturated heterocycles. The van der Waals surface area contributed by atoms with Crippen LogP contribution in [0.1, 0.15) is 15.9 Å². The fourth-order valence-electron chi connectivity index (χ4n) is 1.94. The van der Waals surface area contributed by atoms with Gasteiger partial charge in [0.1, 0.15) is 5.75 Å². The molecule has 2 aromatic carbocycles. The Balaban J connectivity index is 1.68. The van der Waals surface area contributed by atoms with Crippen LogP contribution in [0, 0.1) is 6.92 Å². The number of nitrogens with one attached hydrogen (secondary N) is 3. The van der Waals surface area contributed by atoms with Crippen molar-refractivity contribution in [2.45, 2.75) is 6.92 Å². The molecular weight excluding hydrogens is 393 g/mol. The zero-order chi connectivity index (χ0) is 19.8. The van der Waals surface area contributed by atoms with Gasteiger partial charge in [-0.3, -0.25) is 25.2 Å². The van der Waals surface area contributed by atoms with E-state index in [0.717, 1.165) is 5.56 Å². The first-order chi connectivity index (χ1) is 12.8. The second-order valence-electron chi connectivity index (χ2n) is 5.49. The number of aryl methyl sites for hydroxylation is 1. The van der Waals surface area contributed by atoms with E-state index in [9.17, 15) is 14.4 Å². The topological polar surface area (TPSA) is 96.5 Å². The Kier molecular flexibility index (Phi) is 7.45. The normalized spacial score (nSPS) is 10.0. The van der Waals surface area contributed by atoms with Crippen molar-refractivity contribution in [1.29, 1.82) is 0 Å². The summed E-state index contributed by atoms with van der Waals surface area (Å²) >= 11 is 11.6. The third-order valence-electron chi connectivity index (χ3n) is 3.36. The van der Waals surface area contributed by atoms with E-state index in [1.165, 1.54) is 12.1 Å². The van der Waals surface area contributed by atoms with E-state index >= 15 is 0 Å². The van der Waals surface area contributed by atoms with E-state index in [-0.39, 0.29) is 13.2 Å². The lowest BCUT2D eigenvalue weighted by molar-refractivity contribution is -0.129. The first-order valence-corrected chi connectivity index (χ1v) is 8.61. The minimum Gasteiger partial charge on any atom is -0.484 e. The summed E-state index contributed by atoms with van der Waals surface area (Å²) in [4.78, 5) is 35.2. The van der Waals surface area contributed by atoms with Crippen molar-refractivity contribution < 1.29 is 19.1 Å². The Hall–Kier alpha value is -2.77. The predicted molar refractivity (Wildman–Crippen MR) is 102 cm³/mol. The second kappa shape index (κ2) is 9.80. The number of hydrazine groups is 1. The van der Waals surface area contributed by atoms with E-state index in [0.29, 0.717) is 21.4 Å². The van der Waals surface area contributed by atoms with Gasteiger partial charge in [-0.2, -0.15) is 0 Å². The predicted octanol–water partition coefficient (Wildman–Crippen LogP) is 2.26. The maximum Gasteiger partial charge on any atom is 0.276 e. The van der Waals surface area contributed by atoms with Crippen LogP contribution in [0.4, 0.5) is 0 Å². The third kappa shape index (κ3) is 6.80. The monoisotopic (exact) mass is 409 g/mol. The Labute approximate surface area is 166 Å². The average Bonchev–Trinajstić information content (AvgIpc) is 2.66. The van der Waals surface area contributed by atoms with Crippen LogP contribution < -0.4 is 20.9 Å². The highest BCUT2D eigenvalue weighted by molar-refractivity contribution is 6.31. The maximum absolute atomic E-state index is 11.9. The Morgan fingerprint density at radius 1 is 0.963 bits per heavy atom. The molecule has 9 heteroatoms. The van der Waals surface area contributed by atoms with Crippen molar-refractivity contribution in [3.63, 3.8) is 0 Å². The number of benzene rings is 2. The van der Waals surface area contributed by atoms with Crippen molar-refractivity contribution in [3.05, 3.63) is 63.6 Å². The molecule has 0 aromatic heterocycles. The van der Waals surface area contributed by atoms with Crippen molar-refractivity contribution in [3.8, 4) is 5.75 Å². The van der Waals surface area contributed by atoms with Crippen LogP contribution in [0.3, 0.4) is 0 Å². The van der Waals surface area contributed by atoms with Crippen LogP contribution in [0.15, 0.2) is 42.5 Å². The smallest absolute Gasteiger partial charge is 0.276 e. The molecule has 0 fully saturated rings. The Morgan fingerprint density at radius 3 is 2.30 bits per heavy atom. The molecule has 2 aromatic rings. The minimum absolute atomic E-state index is 0.293. The van der Waals surface area contributed by atoms with Gasteiger partial charge in [-0.05, 0) is 55.0 Å². The molecule has 0 aliphatic carbocycles. The van der Waals surface area contributed by atoms with Crippen LogP contribution in [-0.4, -0.2) is 30.9 Å². The lowest BCUT2D eigenvalue weighted by Gasteiger charge is -2.10. The fraction of sp³-hybridized carbons (Fsp3) is 0.167. The molecule has 0 heterocycles. The first-order valence-electron chi connectivity index (χ1n) is 7.85. The van der Waals surface area contributed by atoms with Gasteiger partial charge in [0.2, 0.25) is 0 Å². The standard InChI is InChI=1S/C18H17Cl2N3O4/c1-11-8-14(6-7-15(11)20)27-10-17(25)23-22-16(24)9-21-18(26)12-2-4-13(19)5-3-12/h2-8H,9-10H2,1H3,(H,21,26)(H,22,24)(H,23,25). The Bertz CT molecular complexity index is 841. The number of hydrogen-bond acceptors (Lipinski definition) is 4. The lowest BCUT2D eigenvalue weighted by Crippen LogP contribution is -2.47. The zero-order valence-corrected chi connectivity index (χ0v) is 15.9. The maximum atomic E-state index is 11.9. The summed E-state index contributed by atoms with van der Waals surface area (Å²) in [5.41, 5.74) is 5.55. The van der Waals surface area contributed by atoms with E-state index in [4.69, 9.17) is 27.9 Å². The molecule has 2 rings (SSSR count). The summed E-state index contributed by atoms with van der Waals surface area (Å²) in [5.74, 6) is -1.10. The van der Waals surface area contributed by atoms with Crippen molar-refractivity contribution in [2.75, 3.05) is 13.2 Å². The van der Waals surface area contributed by atoms with Crippen molar-refractivity contribution in [1.82, 2.24) is 16.2 Å². The number of halogens is 2. The molecule has 0 spiro atoms. The van der Waals surface area contributed by atoms with E-state index in [1.807, 2.05) is 6.92 Å². The van der Waals surface area contributed by atoms with E-state index in [1.54, 1.807) is 30.3 Å². The molecule has 0 bridgehead atoms. The largest absolute Gasteiger partial charge is 0.484 e. The zero-order valence-electron chi connectivity index (χ0n) is 14.3. The third-order valence-corrected chi connectivity index (χ3v) is 4.03. The average molecular weight is 410 g/mol. The molecule has 27 heavy (non-hydrogen) atoms. The highest BCUT2D eigenvalue weighted by Crippen LogP contribution is 2.20. The number of amides is 3. The van der Waals surface area contributed by atoms with Crippen LogP contribution in [0.5, 0.6) is 5.75 Å². The molecule has 3 amide bonds. The highest BCUT2D eigenvalue weighted by Gasteiger charge is 2.09. The van der Waals surface area contributed by atoms with Gasteiger partial charge in [0.05, 0.1) is 6.54 Å². The molecule has 0 aliphatic rings. The quantitative estimate of drug-likeness (QED) is 0.637. The summed E-state index contributed by atoms with van der Waals surface area (Å²) in [6.45, 7) is 1.21. The summed E-state index contributed by atoms with van der Waals surface area (Å²) < 4.78 is 5.30. The Morgan fingerprint density at radius 2 is 1.63 bits per heavy atom. The van der Waals surface area contributed by atoms with Gasteiger partial charge in [-0.15, -0.1) is 0 Å². The van der Waals surface area contributed by atoms with E-state index in [2.05, 4.69) is 16.2 Å². The highest BCUT2D eigenvalue weighted by atomic mass is 35.5. The molecule has 7 nitrogen and oxygen atoms in total. The van der Waals surface area contributed by atoms with Crippen molar-refractivity contribution in [2.24, 2.45) is 0 Å². The summed E-state index contributed by atoms with van der Waals surface area (Å²) in [7, 11) is 0. The molecule has 0 saturated carbocycles. The molecule has 142 valence electrons. The number of hydrogen-bond donors (Lipinski definition) is 3. The summed E-state index contributed by atoms with van der Waals surface area (Å²) in [5, 5.41) is 3.52. The van der Waals surface area contributed by atoms with Crippen LogP contribution in [0.25, 0.3) is 0 Å². The minimum atomic E-state index is -0.590. The molecule has 0 atom stereocenters. The number of rotatable bonds is 6.